The summed E-state index contributed by atoms with van der Waals surface area (Å²) in [7, 11) is 3.22. The van der Waals surface area contributed by atoms with E-state index < -0.39 is 0 Å². The number of hydrogen-bond acceptors (Lipinski definition) is 3. The summed E-state index contributed by atoms with van der Waals surface area (Å²) in [5, 5.41) is 3.22. The largest absolute Gasteiger partial charge is 0.371 e. The second-order valence-corrected chi connectivity index (χ2v) is 11.0. The third-order valence-electron chi connectivity index (χ3n) is 5.07. The Bertz CT molecular complexity index is 458. The van der Waals surface area contributed by atoms with Gasteiger partial charge in [-0.05, 0) is 56.5 Å². The van der Waals surface area contributed by atoms with Crippen LogP contribution in [0.5, 0.6) is 0 Å². The molecule has 1 rings (SSSR count). The summed E-state index contributed by atoms with van der Waals surface area (Å²) in [4.78, 5) is 3.78. The molecule has 0 aliphatic rings. The van der Waals surface area contributed by atoms with Crippen molar-refractivity contribution in [1.82, 2.24) is 5.32 Å². The normalized spacial score (nSPS) is 12.7. The third kappa shape index (κ3) is 11.4. The lowest BCUT2D eigenvalue weighted by Gasteiger charge is -2.31. The molecule has 0 amide bonds. The number of anilines is 1. The average molecular weight is 413 g/mol. The zero-order valence-corrected chi connectivity index (χ0v) is 21.0. The summed E-state index contributed by atoms with van der Waals surface area (Å²) in [6.07, 6.45) is 5.42. The molecule has 2 atom stereocenters. The number of rotatable bonds is 12. The van der Waals surface area contributed by atoms with Crippen molar-refractivity contribution in [1.29, 1.82) is 0 Å². The van der Waals surface area contributed by atoms with Crippen LogP contribution < -0.4 is 10.2 Å². The molecule has 0 fully saturated rings. The Kier molecular flexibility index (Phi) is 15.5. The lowest BCUT2D eigenvalue weighted by atomic mass is 9.95. The van der Waals surface area contributed by atoms with Gasteiger partial charge in [0, 0.05) is 35.0 Å². The van der Waals surface area contributed by atoms with Gasteiger partial charge in [-0.1, -0.05) is 54.4 Å². The summed E-state index contributed by atoms with van der Waals surface area (Å²) in [6.45, 7) is 19.1. The van der Waals surface area contributed by atoms with E-state index in [0.717, 1.165) is 19.6 Å². The van der Waals surface area contributed by atoms with E-state index in [1.165, 1.54) is 44.3 Å². The van der Waals surface area contributed by atoms with Gasteiger partial charge in [-0.2, -0.15) is 0 Å². The van der Waals surface area contributed by atoms with Crippen molar-refractivity contribution in [2.75, 3.05) is 43.9 Å². The molecule has 0 aromatic heterocycles. The molecule has 2 unspecified atom stereocenters. The van der Waals surface area contributed by atoms with Gasteiger partial charge in [0.15, 0.2) is 0 Å². The first-order valence-corrected chi connectivity index (χ1v) is 13.0. The molecule has 0 saturated heterocycles. The van der Waals surface area contributed by atoms with Gasteiger partial charge in [0.05, 0.1) is 0 Å². The molecule has 158 valence electrons. The van der Waals surface area contributed by atoms with Crippen molar-refractivity contribution >= 4 is 26.0 Å². The van der Waals surface area contributed by atoms with Crippen LogP contribution in [-0.2, 0) is 0 Å². The summed E-state index contributed by atoms with van der Waals surface area (Å²) < 4.78 is 0.285. The molecule has 0 bridgehead atoms. The Hall–Kier alpha value is -0.240. The minimum absolute atomic E-state index is 0.285. The predicted octanol–water partition coefficient (Wildman–Crippen LogP) is 6.74. The topological polar surface area (TPSA) is 15.3 Å². The Morgan fingerprint density at radius 2 is 1.74 bits per heavy atom. The SMILES string of the molecule is CCC(C)C(C)(C)Sc1ccc(N(CC)CCNC)cc1.CCCPCC. The minimum Gasteiger partial charge on any atom is -0.371 e. The lowest BCUT2D eigenvalue weighted by Crippen LogP contribution is -2.30. The van der Waals surface area contributed by atoms with Crippen molar-refractivity contribution in [3.05, 3.63) is 24.3 Å². The van der Waals surface area contributed by atoms with Crippen LogP contribution in [-0.4, -0.2) is 43.8 Å². The van der Waals surface area contributed by atoms with Crippen LogP contribution in [0.15, 0.2) is 29.2 Å². The van der Waals surface area contributed by atoms with Gasteiger partial charge in [0.1, 0.15) is 0 Å². The molecule has 0 aliphatic carbocycles. The number of thioether (sulfide) groups is 1. The van der Waals surface area contributed by atoms with Crippen molar-refractivity contribution in [2.45, 2.75) is 71.0 Å². The molecule has 1 aromatic carbocycles. The molecular weight excluding hydrogens is 367 g/mol. The van der Waals surface area contributed by atoms with E-state index in [1.54, 1.807) is 0 Å². The second-order valence-electron chi connectivity index (χ2n) is 7.55. The number of nitrogens with zero attached hydrogens (tertiary/aromatic N) is 1. The predicted molar refractivity (Wildman–Crippen MR) is 132 cm³/mol. The van der Waals surface area contributed by atoms with Gasteiger partial charge in [-0.25, -0.2) is 0 Å². The fraction of sp³-hybridized carbons (Fsp3) is 0.739. The highest BCUT2D eigenvalue weighted by atomic mass is 32.2. The maximum Gasteiger partial charge on any atom is 0.0367 e. The van der Waals surface area contributed by atoms with Crippen LogP contribution in [0.4, 0.5) is 5.69 Å². The molecule has 0 spiro atoms. The Balaban J connectivity index is 0.000000972. The van der Waals surface area contributed by atoms with E-state index in [9.17, 15) is 0 Å². The first-order valence-electron chi connectivity index (χ1n) is 10.7. The van der Waals surface area contributed by atoms with Crippen molar-refractivity contribution in [2.24, 2.45) is 5.92 Å². The molecule has 0 heterocycles. The van der Waals surface area contributed by atoms with Crippen molar-refractivity contribution in [3.8, 4) is 0 Å². The highest BCUT2D eigenvalue weighted by molar-refractivity contribution is 8.00. The fourth-order valence-corrected chi connectivity index (χ4v) is 4.65. The van der Waals surface area contributed by atoms with Crippen LogP contribution in [0.3, 0.4) is 0 Å². The van der Waals surface area contributed by atoms with Gasteiger partial charge >= 0.3 is 0 Å². The van der Waals surface area contributed by atoms with E-state index in [-0.39, 0.29) is 4.75 Å². The van der Waals surface area contributed by atoms with Crippen LogP contribution in [0, 0.1) is 5.92 Å². The standard InChI is InChI=1S/C18H32N2S.C5H13P/c1-7-15(3)18(4,5)21-17-11-9-16(10-12-17)20(8-2)14-13-19-6;1-3-5-6-4-2/h9-12,15,19H,7-8,13-14H2,1-6H3;6H,3-5H2,1-2H3. The molecule has 1 aromatic rings. The average Bonchev–Trinajstić information content (AvgIpc) is 2.67. The highest BCUT2D eigenvalue weighted by Crippen LogP contribution is 2.39. The van der Waals surface area contributed by atoms with Gasteiger partial charge in [-0.15, -0.1) is 20.3 Å². The van der Waals surface area contributed by atoms with Gasteiger partial charge in [0.2, 0.25) is 0 Å². The number of nitrogens with one attached hydrogen (secondary N) is 1. The molecule has 1 N–H and O–H groups in total. The Labute approximate surface area is 176 Å². The minimum atomic E-state index is 0.285. The summed E-state index contributed by atoms with van der Waals surface area (Å²) >= 11 is 1.99. The van der Waals surface area contributed by atoms with Crippen LogP contribution in [0.25, 0.3) is 0 Å². The molecule has 0 saturated carbocycles. The maximum atomic E-state index is 3.22. The Morgan fingerprint density at radius 3 is 2.15 bits per heavy atom. The maximum absolute atomic E-state index is 3.22. The monoisotopic (exact) mass is 412 g/mol. The van der Waals surface area contributed by atoms with Crippen molar-refractivity contribution < 1.29 is 0 Å². The lowest BCUT2D eigenvalue weighted by molar-refractivity contribution is 0.448. The summed E-state index contributed by atoms with van der Waals surface area (Å²) in [5.41, 5.74) is 1.32. The molecule has 2 nitrogen and oxygen atoms in total. The zero-order chi connectivity index (χ0) is 20.7. The van der Waals surface area contributed by atoms with Gasteiger partial charge in [0.25, 0.3) is 0 Å². The van der Waals surface area contributed by atoms with E-state index in [0.29, 0.717) is 5.92 Å². The van der Waals surface area contributed by atoms with Crippen LogP contribution >= 0.6 is 20.3 Å². The third-order valence-corrected chi connectivity index (χ3v) is 7.86. The number of benzene rings is 1. The second kappa shape index (κ2) is 15.7. The van der Waals surface area contributed by atoms with E-state index in [2.05, 4.69) is 82.9 Å². The molecule has 4 heteroatoms. The first kappa shape index (κ1) is 26.8. The quantitative estimate of drug-likeness (QED) is 0.232. The van der Waals surface area contributed by atoms with E-state index in [1.807, 2.05) is 18.8 Å². The number of likely N-dealkylation sites (N-methyl/N-ethyl adjacent to an activating group) is 2. The fourth-order valence-electron chi connectivity index (χ4n) is 2.69. The molecule has 27 heavy (non-hydrogen) atoms. The molecule has 0 aliphatic heterocycles. The van der Waals surface area contributed by atoms with E-state index in [4.69, 9.17) is 0 Å². The van der Waals surface area contributed by atoms with E-state index >= 15 is 0 Å². The van der Waals surface area contributed by atoms with Crippen LogP contribution in [0.1, 0.15) is 61.3 Å². The van der Waals surface area contributed by atoms with Crippen molar-refractivity contribution in [3.63, 3.8) is 0 Å². The number of hydrogen-bond donors (Lipinski definition) is 1. The molecular formula is C23H45N2PS. The summed E-state index contributed by atoms with van der Waals surface area (Å²) in [5.74, 6) is 0.713. The first-order chi connectivity index (χ1) is 12.9. The summed E-state index contributed by atoms with van der Waals surface area (Å²) in [6, 6.07) is 9.06. The highest BCUT2D eigenvalue weighted by Gasteiger charge is 2.25. The van der Waals surface area contributed by atoms with Gasteiger partial charge < -0.3 is 10.2 Å². The zero-order valence-electron chi connectivity index (χ0n) is 19.2. The van der Waals surface area contributed by atoms with Gasteiger partial charge in [-0.3, -0.25) is 0 Å². The Morgan fingerprint density at radius 1 is 1.11 bits per heavy atom. The van der Waals surface area contributed by atoms with Crippen LogP contribution in [0.2, 0.25) is 0 Å². The smallest absolute Gasteiger partial charge is 0.0367 e. The molecule has 0 radical (unpaired) electrons.